The van der Waals surface area contributed by atoms with E-state index in [1.165, 1.54) is 18.7 Å². The maximum absolute atomic E-state index is 10.8. The summed E-state index contributed by atoms with van der Waals surface area (Å²) in [5, 5.41) is -0.175. The molecule has 0 saturated carbocycles. The number of thioether (sulfide) groups is 1. The Labute approximate surface area is 71.1 Å². The van der Waals surface area contributed by atoms with Crippen LogP contribution < -0.4 is 0 Å². The number of carbonyl (C=O) groups is 2. The van der Waals surface area contributed by atoms with Crippen LogP contribution >= 0.6 is 11.8 Å². The fourth-order valence-corrected chi connectivity index (χ4v) is 1.44. The predicted octanol–water partition coefficient (Wildman–Crippen LogP) is 1.45. The van der Waals surface area contributed by atoms with Gasteiger partial charge in [0.25, 0.3) is 0 Å². The Morgan fingerprint density at radius 1 is 1.73 bits per heavy atom. The monoisotopic (exact) mass is 172 g/mol. The number of carbonyl (C=O) groups excluding carboxylic acids is 2. The molecule has 0 aromatic heterocycles. The van der Waals surface area contributed by atoms with Gasteiger partial charge in [-0.1, -0.05) is 6.08 Å². The van der Waals surface area contributed by atoms with E-state index in [-0.39, 0.29) is 11.0 Å². The Morgan fingerprint density at radius 3 is 2.73 bits per heavy atom. The van der Waals surface area contributed by atoms with E-state index in [4.69, 9.17) is 0 Å². The van der Waals surface area contributed by atoms with Crippen LogP contribution in [0.25, 0.3) is 0 Å². The number of ketones is 1. The van der Waals surface area contributed by atoms with E-state index in [9.17, 15) is 9.59 Å². The van der Waals surface area contributed by atoms with Crippen LogP contribution in [0.15, 0.2) is 12.7 Å². The van der Waals surface area contributed by atoms with Gasteiger partial charge in [0.15, 0.2) is 0 Å². The van der Waals surface area contributed by atoms with Crippen molar-refractivity contribution >= 4 is 23.8 Å². The maximum Gasteiger partial charge on any atom is 0.143 e. The molecule has 0 aromatic carbocycles. The molecule has 0 bridgehead atoms. The van der Waals surface area contributed by atoms with Crippen LogP contribution in [0.2, 0.25) is 0 Å². The maximum atomic E-state index is 10.8. The van der Waals surface area contributed by atoms with Crippen molar-refractivity contribution in [1.82, 2.24) is 0 Å². The first-order valence-electron chi connectivity index (χ1n) is 3.39. The highest BCUT2D eigenvalue weighted by molar-refractivity contribution is 8.00. The second kappa shape index (κ2) is 6.16. The van der Waals surface area contributed by atoms with Crippen LogP contribution in [0.5, 0.6) is 0 Å². The quantitative estimate of drug-likeness (QED) is 0.449. The molecule has 62 valence electrons. The Balaban J connectivity index is 3.77. The van der Waals surface area contributed by atoms with Crippen LogP contribution in [-0.4, -0.2) is 23.1 Å². The average Bonchev–Trinajstić information content (AvgIpc) is 1.97. The molecule has 0 heterocycles. The van der Waals surface area contributed by atoms with Gasteiger partial charge < -0.3 is 4.79 Å². The van der Waals surface area contributed by atoms with Gasteiger partial charge in [-0.15, -0.1) is 18.3 Å². The minimum absolute atomic E-state index is 0.0592. The van der Waals surface area contributed by atoms with Crippen molar-refractivity contribution in [2.45, 2.75) is 18.6 Å². The van der Waals surface area contributed by atoms with Crippen LogP contribution in [0.4, 0.5) is 0 Å². The first-order chi connectivity index (χ1) is 5.22. The fourth-order valence-electron chi connectivity index (χ4n) is 0.623. The number of Topliss-reactive ketones (excluding diaryl/α,β-unsaturated/α-hetero) is 1. The summed E-state index contributed by atoms with van der Waals surface area (Å²) in [6, 6.07) is 0. The van der Waals surface area contributed by atoms with Gasteiger partial charge in [-0.25, -0.2) is 0 Å². The summed E-state index contributed by atoms with van der Waals surface area (Å²) >= 11 is 1.46. The molecule has 0 fully saturated rings. The zero-order chi connectivity index (χ0) is 8.69. The van der Waals surface area contributed by atoms with E-state index in [1.807, 2.05) is 0 Å². The Bertz CT molecular complexity index is 154. The Hall–Kier alpha value is -0.570. The highest BCUT2D eigenvalue weighted by Crippen LogP contribution is 2.14. The first-order valence-corrected chi connectivity index (χ1v) is 4.43. The molecular formula is C8H12O2S. The molecule has 11 heavy (non-hydrogen) atoms. The molecule has 1 unspecified atom stereocenters. The van der Waals surface area contributed by atoms with Crippen LogP contribution in [0.1, 0.15) is 13.3 Å². The molecule has 2 nitrogen and oxygen atoms in total. The van der Waals surface area contributed by atoms with Gasteiger partial charge in [0.1, 0.15) is 12.1 Å². The summed E-state index contributed by atoms with van der Waals surface area (Å²) < 4.78 is 0. The molecular weight excluding hydrogens is 160 g/mol. The summed E-state index contributed by atoms with van der Waals surface area (Å²) in [4.78, 5) is 20.9. The third-order valence-electron chi connectivity index (χ3n) is 1.18. The topological polar surface area (TPSA) is 34.1 Å². The fraction of sp³-hybridized carbons (Fsp3) is 0.500. The van der Waals surface area contributed by atoms with E-state index in [0.29, 0.717) is 6.42 Å². The number of hydrogen-bond donors (Lipinski definition) is 0. The minimum atomic E-state index is -0.175. The van der Waals surface area contributed by atoms with E-state index < -0.39 is 0 Å². The summed E-state index contributed by atoms with van der Waals surface area (Å²) in [7, 11) is 0. The molecule has 0 saturated heterocycles. The first kappa shape index (κ1) is 10.4. The SMILES string of the molecule is C=CCSC(CC=O)C(C)=O. The van der Waals surface area contributed by atoms with Gasteiger partial charge in [0.05, 0.1) is 5.25 Å². The molecule has 0 aromatic rings. The van der Waals surface area contributed by atoms with E-state index in [1.54, 1.807) is 6.08 Å². The molecule has 0 radical (unpaired) electrons. The Kier molecular flexibility index (Phi) is 5.84. The molecule has 0 N–H and O–H groups in total. The smallest absolute Gasteiger partial charge is 0.143 e. The number of hydrogen-bond acceptors (Lipinski definition) is 3. The van der Waals surface area contributed by atoms with Crippen molar-refractivity contribution in [3.63, 3.8) is 0 Å². The van der Waals surface area contributed by atoms with Crippen LogP contribution in [0.3, 0.4) is 0 Å². The van der Waals surface area contributed by atoms with Crippen molar-refractivity contribution in [2.75, 3.05) is 5.75 Å². The van der Waals surface area contributed by atoms with E-state index >= 15 is 0 Å². The molecule has 0 rings (SSSR count). The largest absolute Gasteiger partial charge is 0.303 e. The van der Waals surface area contributed by atoms with Gasteiger partial charge in [-0.05, 0) is 6.92 Å². The number of rotatable bonds is 6. The van der Waals surface area contributed by atoms with Crippen molar-refractivity contribution < 1.29 is 9.59 Å². The van der Waals surface area contributed by atoms with Gasteiger partial charge in [-0.3, -0.25) is 4.79 Å². The number of aldehydes is 1. The summed E-state index contributed by atoms with van der Waals surface area (Å²) in [5.41, 5.74) is 0. The zero-order valence-corrected chi connectivity index (χ0v) is 7.39. The normalized spacial score (nSPS) is 12.1. The van der Waals surface area contributed by atoms with E-state index in [0.717, 1.165) is 12.0 Å². The lowest BCUT2D eigenvalue weighted by atomic mass is 10.2. The molecule has 3 heteroatoms. The minimum Gasteiger partial charge on any atom is -0.303 e. The van der Waals surface area contributed by atoms with Gasteiger partial charge in [0, 0.05) is 12.2 Å². The Morgan fingerprint density at radius 2 is 2.36 bits per heavy atom. The predicted molar refractivity (Wildman–Crippen MR) is 47.8 cm³/mol. The highest BCUT2D eigenvalue weighted by atomic mass is 32.2. The lowest BCUT2D eigenvalue weighted by Gasteiger charge is -2.06. The molecule has 0 aliphatic rings. The lowest BCUT2D eigenvalue weighted by molar-refractivity contribution is -0.118. The third kappa shape index (κ3) is 4.79. The molecule has 0 spiro atoms. The van der Waals surface area contributed by atoms with Crippen molar-refractivity contribution in [3.8, 4) is 0 Å². The second-order valence-corrected chi connectivity index (χ2v) is 3.36. The third-order valence-corrected chi connectivity index (χ3v) is 2.53. The van der Waals surface area contributed by atoms with Gasteiger partial charge in [0.2, 0.25) is 0 Å². The standard InChI is InChI=1S/C8H12O2S/c1-3-6-11-8(4-5-9)7(2)10/h3,5,8H,1,4,6H2,2H3. The molecule has 0 aliphatic heterocycles. The van der Waals surface area contributed by atoms with Crippen LogP contribution in [0, 0.1) is 0 Å². The van der Waals surface area contributed by atoms with Gasteiger partial charge in [-0.2, -0.15) is 0 Å². The summed E-state index contributed by atoms with van der Waals surface area (Å²) in [6.07, 6.45) is 2.82. The average molecular weight is 172 g/mol. The molecule has 0 amide bonds. The zero-order valence-electron chi connectivity index (χ0n) is 6.58. The van der Waals surface area contributed by atoms with Gasteiger partial charge >= 0.3 is 0 Å². The van der Waals surface area contributed by atoms with Crippen LogP contribution in [-0.2, 0) is 9.59 Å². The second-order valence-electron chi connectivity index (χ2n) is 2.12. The summed E-state index contributed by atoms with van der Waals surface area (Å²) in [5.74, 6) is 0.780. The molecule has 0 aliphatic carbocycles. The summed E-state index contributed by atoms with van der Waals surface area (Å²) in [6.45, 7) is 5.04. The highest BCUT2D eigenvalue weighted by Gasteiger charge is 2.12. The van der Waals surface area contributed by atoms with Crippen molar-refractivity contribution in [1.29, 1.82) is 0 Å². The van der Waals surface area contributed by atoms with E-state index in [2.05, 4.69) is 6.58 Å². The molecule has 1 atom stereocenters. The van der Waals surface area contributed by atoms with Crippen molar-refractivity contribution in [3.05, 3.63) is 12.7 Å². The lowest BCUT2D eigenvalue weighted by Crippen LogP contribution is -2.14. The van der Waals surface area contributed by atoms with Crippen molar-refractivity contribution in [2.24, 2.45) is 0 Å².